The van der Waals surface area contributed by atoms with Gasteiger partial charge in [0, 0.05) is 35.2 Å². The van der Waals surface area contributed by atoms with E-state index in [0.717, 1.165) is 29.5 Å². The number of halogens is 2. The van der Waals surface area contributed by atoms with E-state index in [4.69, 9.17) is 16.3 Å². The molecule has 1 saturated heterocycles. The van der Waals surface area contributed by atoms with Gasteiger partial charge in [-0.2, -0.15) is 0 Å². The summed E-state index contributed by atoms with van der Waals surface area (Å²) in [6.45, 7) is 7.80. The van der Waals surface area contributed by atoms with Gasteiger partial charge >= 0.3 is 6.09 Å². The number of carbonyl (C=O) groups is 1. The summed E-state index contributed by atoms with van der Waals surface area (Å²) in [6.07, 6.45) is 0.703. The summed E-state index contributed by atoms with van der Waals surface area (Å²) in [6, 6.07) is 6.06. The smallest absolute Gasteiger partial charge is 0.410 e. The second kappa shape index (κ2) is 7.20. The highest BCUT2D eigenvalue weighted by Crippen LogP contribution is 2.22. The maximum Gasteiger partial charge on any atom is 0.410 e. The Morgan fingerprint density at radius 3 is 2.86 bits per heavy atom. The zero-order valence-electron chi connectivity index (χ0n) is 13.2. The highest BCUT2D eigenvalue weighted by atomic mass is 79.9. The first-order chi connectivity index (χ1) is 10.2. The van der Waals surface area contributed by atoms with Gasteiger partial charge in [-0.1, -0.05) is 33.6 Å². The Kier molecular flexibility index (Phi) is 5.75. The molecule has 1 aliphatic rings. The van der Waals surface area contributed by atoms with E-state index in [1.165, 1.54) is 0 Å². The fraction of sp³-hybridized carbons (Fsp3) is 0.562. The average Bonchev–Trinajstić information content (AvgIpc) is 2.84. The van der Waals surface area contributed by atoms with Crippen molar-refractivity contribution in [1.82, 2.24) is 10.2 Å². The highest BCUT2D eigenvalue weighted by molar-refractivity contribution is 9.10. The zero-order valence-corrected chi connectivity index (χ0v) is 15.5. The lowest BCUT2D eigenvalue weighted by Crippen LogP contribution is -2.38. The molecule has 0 aromatic heterocycles. The number of hydrogen-bond acceptors (Lipinski definition) is 3. The van der Waals surface area contributed by atoms with Crippen LogP contribution in [0.1, 0.15) is 32.8 Å². The SMILES string of the molecule is CC(C)(C)OC(=O)N1CCC(NCc2ccc(Cl)cc2Br)C1. The largest absolute Gasteiger partial charge is 0.444 e. The first-order valence-electron chi connectivity index (χ1n) is 7.40. The quantitative estimate of drug-likeness (QED) is 0.842. The third-order valence-electron chi connectivity index (χ3n) is 3.44. The monoisotopic (exact) mass is 388 g/mol. The van der Waals surface area contributed by atoms with Crippen LogP contribution < -0.4 is 5.32 Å². The molecule has 4 nitrogen and oxygen atoms in total. The summed E-state index contributed by atoms with van der Waals surface area (Å²) in [4.78, 5) is 13.8. The van der Waals surface area contributed by atoms with Gasteiger partial charge in [0.25, 0.3) is 0 Å². The van der Waals surface area contributed by atoms with Crippen LogP contribution in [0.15, 0.2) is 22.7 Å². The lowest BCUT2D eigenvalue weighted by atomic mass is 10.2. The van der Waals surface area contributed by atoms with Crippen LogP contribution in [0.25, 0.3) is 0 Å². The van der Waals surface area contributed by atoms with Crippen LogP contribution in [-0.4, -0.2) is 35.7 Å². The van der Waals surface area contributed by atoms with Crippen LogP contribution in [0.2, 0.25) is 5.02 Å². The van der Waals surface area contributed by atoms with E-state index in [-0.39, 0.29) is 12.1 Å². The van der Waals surface area contributed by atoms with E-state index >= 15 is 0 Å². The molecule has 0 spiro atoms. The number of likely N-dealkylation sites (tertiary alicyclic amines) is 1. The van der Waals surface area contributed by atoms with Gasteiger partial charge in [-0.3, -0.25) is 0 Å². The summed E-state index contributed by atoms with van der Waals surface area (Å²) in [7, 11) is 0. The summed E-state index contributed by atoms with van der Waals surface area (Å²) in [5.74, 6) is 0. The topological polar surface area (TPSA) is 41.6 Å². The van der Waals surface area contributed by atoms with Gasteiger partial charge in [-0.15, -0.1) is 0 Å². The van der Waals surface area contributed by atoms with Crippen LogP contribution in [0, 0.1) is 0 Å². The molecule has 0 radical (unpaired) electrons. The summed E-state index contributed by atoms with van der Waals surface area (Å²) < 4.78 is 6.40. The predicted octanol–water partition coefficient (Wildman–Crippen LogP) is 4.20. The summed E-state index contributed by atoms with van der Waals surface area (Å²) >= 11 is 9.46. The maximum absolute atomic E-state index is 12.0. The predicted molar refractivity (Wildman–Crippen MR) is 92.2 cm³/mol. The van der Waals surface area contributed by atoms with Crippen molar-refractivity contribution in [2.75, 3.05) is 13.1 Å². The maximum atomic E-state index is 12.0. The van der Waals surface area contributed by atoms with Crippen molar-refractivity contribution in [3.05, 3.63) is 33.3 Å². The lowest BCUT2D eigenvalue weighted by molar-refractivity contribution is 0.0291. The van der Waals surface area contributed by atoms with Crippen LogP contribution in [-0.2, 0) is 11.3 Å². The number of rotatable bonds is 3. The molecule has 1 atom stereocenters. The molecule has 1 aromatic carbocycles. The molecule has 2 rings (SSSR count). The Balaban J connectivity index is 1.82. The Bertz CT molecular complexity index is 545. The number of hydrogen-bond donors (Lipinski definition) is 1. The fourth-order valence-corrected chi connectivity index (χ4v) is 3.16. The Morgan fingerprint density at radius 1 is 1.50 bits per heavy atom. The molecule has 1 aromatic rings. The summed E-state index contributed by atoms with van der Waals surface area (Å²) in [5, 5.41) is 4.20. The number of benzene rings is 1. The molecule has 1 aliphatic heterocycles. The molecule has 122 valence electrons. The second-order valence-corrected chi connectivity index (χ2v) is 7.82. The van der Waals surface area contributed by atoms with Crippen LogP contribution >= 0.6 is 27.5 Å². The van der Waals surface area contributed by atoms with Crippen LogP contribution in [0.5, 0.6) is 0 Å². The number of amides is 1. The highest BCUT2D eigenvalue weighted by Gasteiger charge is 2.29. The standard InChI is InChI=1S/C16H22BrClN2O2/c1-16(2,3)22-15(21)20-7-6-13(10-20)19-9-11-4-5-12(18)8-14(11)17/h4-5,8,13,19H,6-7,9-10H2,1-3H3. The van der Waals surface area contributed by atoms with E-state index in [0.29, 0.717) is 11.6 Å². The molecule has 1 fully saturated rings. The van der Waals surface area contributed by atoms with E-state index in [2.05, 4.69) is 21.2 Å². The van der Waals surface area contributed by atoms with Gasteiger partial charge in [0.15, 0.2) is 0 Å². The van der Waals surface area contributed by atoms with Gasteiger partial charge in [-0.25, -0.2) is 4.79 Å². The van der Waals surface area contributed by atoms with Crippen molar-refractivity contribution < 1.29 is 9.53 Å². The van der Waals surface area contributed by atoms with Crippen LogP contribution in [0.4, 0.5) is 4.79 Å². The fourth-order valence-electron chi connectivity index (χ4n) is 2.34. The van der Waals surface area contributed by atoms with Gasteiger partial charge in [0.2, 0.25) is 0 Å². The number of carbonyl (C=O) groups excluding carboxylic acids is 1. The Hall–Kier alpha value is -0.780. The molecule has 0 bridgehead atoms. The minimum absolute atomic E-state index is 0.232. The molecule has 1 heterocycles. The van der Waals surface area contributed by atoms with Crippen molar-refractivity contribution in [2.24, 2.45) is 0 Å². The number of nitrogens with one attached hydrogen (secondary N) is 1. The van der Waals surface area contributed by atoms with Crippen molar-refractivity contribution in [1.29, 1.82) is 0 Å². The van der Waals surface area contributed by atoms with Crippen LogP contribution in [0.3, 0.4) is 0 Å². The number of nitrogens with zero attached hydrogens (tertiary/aromatic N) is 1. The molecule has 0 saturated carbocycles. The zero-order chi connectivity index (χ0) is 16.3. The molecule has 0 aliphatic carbocycles. The third kappa shape index (κ3) is 5.14. The molecule has 1 amide bonds. The van der Waals surface area contributed by atoms with Crippen molar-refractivity contribution in [3.8, 4) is 0 Å². The molecular formula is C16H22BrClN2O2. The average molecular weight is 390 g/mol. The van der Waals surface area contributed by atoms with Gasteiger partial charge < -0.3 is 15.0 Å². The van der Waals surface area contributed by atoms with E-state index < -0.39 is 5.60 Å². The molecule has 1 unspecified atom stereocenters. The van der Waals surface area contributed by atoms with E-state index in [1.54, 1.807) is 4.90 Å². The van der Waals surface area contributed by atoms with E-state index in [1.807, 2.05) is 39.0 Å². The summed E-state index contributed by atoms with van der Waals surface area (Å²) in [5.41, 5.74) is 0.705. The second-order valence-electron chi connectivity index (χ2n) is 6.53. The van der Waals surface area contributed by atoms with Crippen molar-refractivity contribution in [3.63, 3.8) is 0 Å². The third-order valence-corrected chi connectivity index (χ3v) is 4.41. The van der Waals surface area contributed by atoms with Gasteiger partial charge in [0.05, 0.1) is 0 Å². The normalized spacial score (nSPS) is 18.6. The first-order valence-corrected chi connectivity index (χ1v) is 8.57. The Morgan fingerprint density at radius 2 is 2.23 bits per heavy atom. The Labute approximate surface area is 145 Å². The first kappa shape index (κ1) is 17.6. The van der Waals surface area contributed by atoms with Crippen molar-refractivity contribution in [2.45, 2.75) is 45.4 Å². The minimum Gasteiger partial charge on any atom is -0.444 e. The minimum atomic E-state index is -0.448. The molecule has 22 heavy (non-hydrogen) atoms. The number of ether oxygens (including phenoxy) is 1. The lowest BCUT2D eigenvalue weighted by Gasteiger charge is -2.24. The van der Waals surface area contributed by atoms with Crippen molar-refractivity contribution >= 4 is 33.6 Å². The molecule has 1 N–H and O–H groups in total. The molecule has 6 heteroatoms. The molecular weight excluding hydrogens is 368 g/mol. The van der Waals surface area contributed by atoms with E-state index in [9.17, 15) is 4.79 Å². The van der Waals surface area contributed by atoms with Gasteiger partial charge in [0.1, 0.15) is 5.60 Å². The van der Waals surface area contributed by atoms with Gasteiger partial charge in [-0.05, 0) is 44.9 Å².